The van der Waals surface area contributed by atoms with Crippen molar-refractivity contribution in [2.75, 3.05) is 11.3 Å². The fourth-order valence-corrected chi connectivity index (χ4v) is 4.22. The highest BCUT2D eigenvalue weighted by Gasteiger charge is 2.19. The first-order valence-electron chi connectivity index (χ1n) is 9.49. The average molecular weight is 416 g/mol. The molecule has 0 aliphatic heterocycles. The van der Waals surface area contributed by atoms with Gasteiger partial charge in [0.1, 0.15) is 0 Å². The molecule has 29 heavy (non-hydrogen) atoms. The number of rotatable bonds is 7. The molecule has 1 aliphatic carbocycles. The predicted octanol–water partition coefficient (Wildman–Crippen LogP) is 3.01. The van der Waals surface area contributed by atoms with Gasteiger partial charge in [0, 0.05) is 11.7 Å². The zero-order valence-corrected chi connectivity index (χ0v) is 17.0. The number of hydrogen-bond donors (Lipinski definition) is 2. The summed E-state index contributed by atoms with van der Waals surface area (Å²) in [6.07, 6.45) is 4.09. The summed E-state index contributed by atoms with van der Waals surface area (Å²) in [6.45, 7) is 1.55. The largest absolute Gasteiger partial charge is 0.452 e. The second-order valence-corrected chi connectivity index (χ2v) is 8.80. The monoisotopic (exact) mass is 416 g/mol. The molecule has 0 bridgehead atoms. The molecule has 3 rings (SSSR count). The molecular formula is C21H24N2O5S. The Bertz CT molecular complexity index is 963. The highest BCUT2D eigenvalue weighted by molar-refractivity contribution is 7.92. The van der Waals surface area contributed by atoms with Crippen LogP contribution in [0.3, 0.4) is 0 Å². The smallest absolute Gasteiger partial charge is 0.338 e. The van der Waals surface area contributed by atoms with Crippen LogP contribution in [-0.4, -0.2) is 32.9 Å². The van der Waals surface area contributed by atoms with E-state index in [1.54, 1.807) is 24.3 Å². The molecule has 0 heterocycles. The van der Waals surface area contributed by atoms with Crippen molar-refractivity contribution < 1.29 is 22.7 Å². The van der Waals surface area contributed by atoms with E-state index in [-0.39, 0.29) is 29.0 Å². The average Bonchev–Trinajstić information content (AvgIpc) is 3.21. The molecule has 1 aliphatic rings. The van der Waals surface area contributed by atoms with E-state index in [2.05, 4.69) is 10.0 Å². The van der Waals surface area contributed by atoms with Gasteiger partial charge in [-0.15, -0.1) is 0 Å². The first-order valence-corrected chi connectivity index (χ1v) is 11.0. The summed E-state index contributed by atoms with van der Waals surface area (Å²) in [5, 5.41) is 2.84. The molecule has 1 saturated carbocycles. The first kappa shape index (κ1) is 20.9. The van der Waals surface area contributed by atoms with Gasteiger partial charge in [-0.1, -0.05) is 30.5 Å². The third-order valence-electron chi connectivity index (χ3n) is 4.76. The minimum Gasteiger partial charge on any atom is -0.452 e. The van der Waals surface area contributed by atoms with E-state index in [0.29, 0.717) is 5.69 Å². The zero-order valence-electron chi connectivity index (χ0n) is 16.2. The molecule has 1 amide bonds. The Morgan fingerprint density at radius 1 is 1.00 bits per heavy atom. The van der Waals surface area contributed by atoms with Crippen LogP contribution in [0.5, 0.6) is 0 Å². The van der Waals surface area contributed by atoms with Gasteiger partial charge in [0.25, 0.3) is 15.9 Å². The number of anilines is 1. The van der Waals surface area contributed by atoms with Crippen LogP contribution in [0.1, 0.15) is 41.6 Å². The van der Waals surface area contributed by atoms with Gasteiger partial charge in [-0.05, 0) is 56.2 Å². The van der Waals surface area contributed by atoms with Crippen molar-refractivity contribution in [3.63, 3.8) is 0 Å². The molecule has 154 valence electrons. The minimum atomic E-state index is -3.77. The maximum atomic E-state index is 12.5. The summed E-state index contributed by atoms with van der Waals surface area (Å²) in [5.41, 5.74) is 1.65. The lowest BCUT2D eigenvalue weighted by Crippen LogP contribution is -2.35. The molecular weight excluding hydrogens is 392 g/mol. The summed E-state index contributed by atoms with van der Waals surface area (Å²) in [6, 6.07) is 12.5. The van der Waals surface area contributed by atoms with Crippen molar-refractivity contribution in [2.24, 2.45) is 0 Å². The number of carbonyl (C=O) groups excluding carboxylic acids is 2. The molecule has 0 unspecified atom stereocenters. The van der Waals surface area contributed by atoms with E-state index in [9.17, 15) is 18.0 Å². The number of hydrogen-bond acceptors (Lipinski definition) is 5. The topological polar surface area (TPSA) is 102 Å². The van der Waals surface area contributed by atoms with Crippen molar-refractivity contribution in [2.45, 2.75) is 43.5 Å². The molecule has 8 heteroatoms. The fourth-order valence-electron chi connectivity index (χ4n) is 3.16. The van der Waals surface area contributed by atoms with E-state index >= 15 is 0 Å². The molecule has 2 N–H and O–H groups in total. The third kappa shape index (κ3) is 5.80. The lowest BCUT2D eigenvalue weighted by atomic mass is 10.2. The van der Waals surface area contributed by atoms with E-state index in [0.717, 1.165) is 31.2 Å². The van der Waals surface area contributed by atoms with Gasteiger partial charge in [-0.3, -0.25) is 9.52 Å². The lowest BCUT2D eigenvalue weighted by Gasteiger charge is -2.12. The fraction of sp³-hybridized carbons (Fsp3) is 0.333. The molecule has 1 fully saturated rings. The number of aryl methyl sites for hydroxylation is 1. The molecule has 0 saturated heterocycles. The second kappa shape index (κ2) is 9.09. The molecule has 2 aromatic rings. The zero-order chi connectivity index (χ0) is 20.9. The number of benzene rings is 2. The van der Waals surface area contributed by atoms with E-state index < -0.39 is 16.0 Å². The van der Waals surface area contributed by atoms with Crippen LogP contribution in [0, 0.1) is 6.92 Å². The quantitative estimate of drug-likeness (QED) is 0.676. The lowest BCUT2D eigenvalue weighted by molar-refractivity contribution is -0.124. The molecule has 7 nitrogen and oxygen atoms in total. The van der Waals surface area contributed by atoms with Crippen LogP contribution in [0.15, 0.2) is 53.4 Å². The van der Waals surface area contributed by atoms with Crippen LogP contribution in [0.2, 0.25) is 0 Å². The van der Waals surface area contributed by atoms with Crippen LogP contribution < -0.4 is 10.0 Å². The van der Waals surface area contributed by atoms with Crippen molar-refractivity contribution in [3.8, 4) is 0 Å². The number of ether oxygens (including phenoxy) is 1. The van der Waals surface area contributed by atoms with Crippen LogP contribution >= 0.6 is 0 Å². The standard InChI is InChI=1S/C21H24N2O5S/c1-15-6-10-18(11-7-15)23-29(26,27)19-12-8-16(9-13-19)21(25)28-14-20(24)22-17-4-2-3-5-17/h6-13,17,23H,2-5,14H2,1H3,(H,22,24). The first-order chi connectivity index (χ1) is 13.8. The van der Waals surface area contributed by atoms with Crippen molar-refractivity contribution in [1.82, 2.24) is 5.32 Å². The summed E-state index contributed by atoms with van der Waals surface area (Å²) >= 11 is 0. The Morgan fingerprint density at radius 2 is 1.62 bits per heavy atom. The Hall–Kier alpha value is -2.87. The van der Waals surface area contributed by atoms with Crippen LogP contribution in [0.25, 0.3) is 0 Å². The summed E-state index contributed by atoms with van der Waals surface area (Å²) < 4.78 is 32.4. The molecule has 0 aromatic heterocycles. The summed E-state index contributed by atoms with van der Waals surface area (Å²) in [7, 11) is -3.77. The number of esters is 1. The highest BCUT2D eigenvalue weighted by atomic mass is 32.2. The summed E-state index contributed by atoms with van der Waals surface area (Å²) in [4.78, 5) is 24.0. The second-order valence-electron chi connectivity index (χ2n) is 7.12. The van der Waals surface area contributed by atoms with E-state index in [4.69, 9.17) is 4.74 Å². The highest BCUT2D eigenvalue weighted by Crippen LogP contribution is 2.18. The van der Waals surface area contributed by atoms with E-state index in [1.807, 2.05) is 6.92 Å². The van der Waals surface area contributed by atoms with Gasteiger partial charge in [0.15, 0.2) is 6.61 Å². The minimum absolute atomic E-state index is 0.0219. The van der Waals surface area contributed by atoms with Gasteiger partial charge in [-0.25, -0.2) is 13.2 Å². The van der Waals surface area contributed by atoms with Crippen molar-refractivity contribution in [3.05, 3.63) is 59.7 Å². The number of amides is 1. The van der Waals surface area contributed by atoms with Gasteiger partial charge < -0.3 is 10.1 Å². The maximum absolute atomic E-state index is 12.5. The van der Waals surface area contributed by atoms with Gasteiger partial charge in [0.2, 0.25) is 0 Å². The van der Waals surface area contributed by atoms with Crippen LogP contribution in [0.4, 0.5) is 5.69 Å². The number of sulfonamides is 1. The normalized spacial score (nSPS) is 14.4. The molecule has 0 atom stereocenters. The Kier molecular flexibility index (Phi) is 6.53. The number of nitrogens with one attached hydrogen (secondary N) is 2. The third-order valence-corrected chi connectivity index (χ3v) is 6.16. The van der Waals surface area contributed by atoms with Gasteiger partial charge in [-0.2, -0.15) is 0 Å². The number of carbonyl (C=O) groups is 2. The Labute approximate surface area is 170 Å². The van der Waals surface area contributed by atoms with Crippen LogP contribution in [-0.2, 0) is 19.6 Å². The van der Waals surface area contributed by atoms with Crippen molar-refractivity contribution >= 4 is 27.6 Å². The molecule has 0 radical (unpaired) electrons. The molecule has 2 aromatic carbocycles. The SMILES string of the molecule is Cc1ccc(NS(=O)(=O)c2ccc(C(=O)OCC(=O)NC3CCCC3)cc2)cc1. The predicted molar refractivity (Wildman–Crippen MR) is 109 cm³/mol. The van der Waals surface area contributed by atoms with Crippen molar-refractivity contribution in [1.29, 1.82) is 0 Å². The van der Waals surface area contributed by atoms with E-state index in [1.165, 1.54) is 24.3 Å². The Morgan fingerprint density at radius 3 is 2.24 bits per heavy atom. The van der Waals surface area contributed by atoms with Gasteiger partial charge >= 0.3 is 5.97 Å². The summed E-state index contributed by atoms with van der Waals surface area (Å²) in [5.74, 6) is -1.01. The van der Waals surface area contributed by atoms with Gasteiger partial charge in [0.05, 0.1) is 10.5 Å². The maximum Gasteiger partial charge on any atom is 0.338 e. The Balaban J connectivity index is 1.56. The molecule has 0 spiro atoms.